The van der Waals surface area contributed by atoms with Gasteiger partial charge in [0.15, 0.2) is 11.5 Å². The number of carbonyl (C=O) groups is 1. The number of hydrogen-bond acceptors (Lipinski definition) is 4. The Bertz CT molecular complexity index is 1070. The Morgan fingerprint density at radius 1 is 1.12 bits per heavy atom. The highest BCUT2D eigenvalue weighted by Gasteiger charge is 2.50. The summed E-state index contributed by atoms with van der Waals surface area (Å²) in [5.74, 6) is -0.308. The van der Waals surface area contributed by atoms with Crippen LogP contribution in [0.25, 0.3) is 0 Å². The summed E-state index contributed by atoms with van der Waals surface area (Å²) in [6.07, 6.45) is -2.50. The second-order valence-corrected chi connectivity index (χ2v) is 9.26. The molecule has 2 aromatic carbocycles. The van der Waals surface area contributed by atoms with E-state index in [1.165, 1.54) is 0 Å². The van der Waals surface area contributed by atoms with Crippen molar-refractivity contribution in [1.82, 2.24) is 10.2 Å². The zero-order valence-electron chi connectivity index (χ0n) is 19.3. The van der Waals surface area contributed by atoms with E-state index in [1.807, 2.05) is 12.1 Å². The molecule has 1 aliphatic heterocycles. The Labute approximate surface area is 196 Å². The van der Waals surface area contributed by atoms with E-state index in [0.29, 0.717) is 30.4 Å². The summed E-state index contributed by atoms with van der Waals surface area (Å²) in [6, 6.07) is 7.77. The number of fused-ring (bicyclic) bond motifs is 1. The van der Waals surface area contributed by atoms with E-state index in [9.17, 15) is 22.4 Å². The van der Waals surface area contributed by atoms with Crippen molar-refractivity contribution in [1.29, 1.82) is 0 Å². The fraction of sp³-hybridized carbons (Fsp3) is 0.480. The molecule has 2 aromatic rings. The van der Waals surface area contributed by atoms with Gasteiger partial charge in [-0.15, -0.1) is 0 Å². The highest BCUT2D eigenvalue weighted by Crippen LogP contribution is 2.49. The van der Waals surface area contributed by atoms with Crippen molar-refractivity contribution < 1.29 is 31.8 Å². The van der Waals surface area contributed by atoms with E-state index in [-0.39, 0.29) is 22.9 Å². The molecule has 0 aromatic heterocycles. The molecule has 1 amide bonds. The SMILES string of the molecule is COc1ccc([C@]23CC[C@H](NC(=O)c4ccc(C(F)(F)F)cc4F)C[C@@H]2CN(C)C3)cc1OC. The average molecular weight is 481 g/mol. The maximum atomic E-state index is 14.3. The van der Waals surface area contributed by atoms with Crippen LogP contribution < -0.4 is 14.8 Å². The van der Waals surface area contributed by atoms with Gasteiger partial charge in [0.05, 0.1) is 25.3 Å². The molecule has 3 atom stereocenters. The maximum Gasteiger partial charge on any atom is 0.416 e. The van der Waals surface area contributed by atoms with Gasteiger partial charge in [-0.25, -0.2) is 4.39 Å². The molecule has 1 N–H and O–H groups in total. The lowest BCUT2D eigenvalue weighted by Gasteiger charge is -2.43. The second-order valence-electron chi connectivity index (χ2n) is 9.26. The van der Waals surface area contributed by atoms with Crippen LogP contribution in [0, 0.1) is 11.7 Å². The molecule has 1 aliphatic carbocycles. The fourth-order valence-electron chi connectivity index (χ4n) is 5.59. The van der Waals surface area contributed by atoms with Crippen LogP contribution in [0.5, 0.6) is 11.5 Å². The number of alkyl halides is 3. The number of likely N-dealkylation sites (N-methyl/N-ethyl adjacent to an activating group) is 1. The third-order valence-electron chi connectivity index (χ3n) is 7.21. The molecule has 0 radical (unpaired) electrons. The van der Waals surface area contributed by atoms with Gasteiger partial charge in [0.25, 0.3) is 5.91 Å². The van der Waals surface area contributed by atoms with Gasteiger partial charge in [-0.3, -0.25) is 4.79 Å². The van der Waals surface area contributed by atoms with E-state index in [2.05, 4.69) is 23.3 Å². The number of halogens is 4. The van der Waals surface area contributed by atoms with Crippen LogP contribution in [0.15, 0.2) is 36.4 Å². The summed E-state index contributed by atoms with van der Waals surface area (Å²) in [4.78, 5) is 14.9. The Kier molecular flexibility index (Phi) is 6.50. The van der Waals surface area contributed by atoms with E-state index in [1.54, 1.807) is 14.2 Å². The van der Waals surface area contributed by atoms with Gasteiger partial charge >= 0.3 is 6.18 Å². The molecular formula is C25H28F4N2O3. The van der Waals surface area contributed by atoms with Crippen LogP contribution >= 0.6 is 0 Å². The van der Waals surface area contributed by atoms with Crippen molar-refractivity contribution in [2.24, 2.45) is 5.92 Å². The maximum absolute atomic E-state index is 14.3. The molecule has 184 valence electrons. The molecule has 1 saturated carbocycles. The first-order valence-electron chi connectivity index (χ1n) is 11.2. The van der Waals surface area contributed by atoms with Crippen LogP contribution in [-0.2, 0) is 11.6 Å². The Morgan fingerprint density at radius 2 is 1.85 bits per heavy atom. The van der Waals surface area contributed by atoms with E-state index >= 15 is 0 Å². The first-order chi connectivity index (χ1) is 16.1. The zero-order chi connectivity index (χ0) is 24.7. The van der Waals surface area contributed by atoms with Gasteiger partial charge in [0, 0.05) is 24.5 Å². The van der Waals surface area contributed by atoms with Gasteiger partial charge in [-0.1, -0.05) is 6.07 Å². The highest BCUT2D eigenvalue weighted by atomic mass is 19.4. The summed E-state index contributed by atoms with van der Waals surface area (Å²) in [5, 5.41) is 2.85. The minimum Gasteiger partial charge on any atom is -0.493 e. The lowest BCUT2D eigenvalue weighted by molar-refractivity contribution is -0.137. The van der Waals surface area contributed by atoms with Crippen molar-refractivity contribution in [2.75, 3.05) is 34.4 Å². The van der Waals surface area contributed by atoms with Crippen LogP contribution in [0.3, 0.4) is 0 Å². The molecule has 1 saturated heterocycles. The van der Waals surface area contributed by atoms with Gasteiger partial charge in [0.1, 0.15) is 5.82 Å². The molecule has 4 rings (SSSR count). The van der Waals surface area contributed by atoms with Gasteiger partial charge in [0.2, 0.25) is 0 Å². The number of rotatable bonds is 5. The summed E-state index contributed by atoms with van der Waals surface area (Å²) < 4.78 is 63.6. The number of nitrogens with one attached hydrogen (secondary N) is 1. The first kappa shape index (κ1) is 24.3. The summed E-state index contributed by atoms with van der Waals surface area (Å²) in [7, 11) is 5.26. The number of methoxy groups -OCH3 is 2. The smallest absolute Gasteiger partial charge is 0.416 e. The fourth-order valence-corrected chi connectivity index (χ4v) is 5.59. The van der Waals surface area contributed by atoms with Crippen LogP contribution in [0.4, 0.5) is 17.6 Å². The highest BCUT2D eigenvalue weighted by molar-refractivity contribution is 5.94. The quantitative estimate of drug-likeness (QED) is 0.634. The molecule has 0 unspecified atom stereocenters. The van der Waals surface area contributed by atoms with Gasteiger partial charge < -0.3 is 19.7 Å². The predicted molar refractivity (Wildman–Crippen MR) is 119 cm³/mol. The van der Waals surface area contributed by atoms with Crippen LogP contribution in [0.2, 0.25) is 0 Å². The summed E-state index contributed by atoms with van der Waals surface area (Å²) >= 11 is 0. The Balaban J connectivity index is 1.52. The number of carbonyl (C=O) groups excluding carboxylic acids is 1. The van der Waals surface area contributed by atoms with Crippen LogP contribution in [0.1, 0.15) is 40.7 Å². The van der Waals surface area contributed by atoms with E-state index < -0.39 is 23.5 Å². The van der Waals surface area contributed by atoms with E-state index in [4.69, 9.17) is 9.47 Å². The number of nitrogens with zero attached hydrogens (tertiary/aromatic N) is 1. The number of benzene rings is 2. The number of hydrogen-bond donors (Lipinski definition) is 1. The van der Waals surface area contributed by atoms with Crippen molar-refractivity contribution >= 4 is 5.91 Å². The Hall–Kier alpha value is -2.81. The van der Waals surface area contributed by atoms with Crippen molar-refractivity contribution in [3.63, 3.8) is 0 Å². The van der Waals surface area contributed by atoms with Gasteiger partial charge in [-0.05, 0) is 68.1 Å². The van der Waals surface area contributed by atoms with Gasteiger partial charge in [-0.2, -0.15) is 13.2 Å². The number of ether oxygens (including phenoxy) is 2. The average Bonchev–Trinajstić information content (AvgIpc) is 3.14. The molecular weight excluding hydrogens is 452 g/mol. The molecule has 0 spiro atoms. The standard InChI is InChI=1S/C25H28F4N2O3/c1-31-13-17-10-18(30-23(32)19-6-4-16(11-20(19)26)25(27,28)29)8-9-24(17,14-31)15-5-7-21(33-2)22(12-15)34-3/h4-7,11-12,17-18H,8-10,13-14H2,1-3H3,(H,30,32)/t17-,18+,24-/m1/s1. The summed E-state index contributed by atoms with van der Waals surface area (Å²) in [6.45, 7) is 1.71. The minimum absolute atomic E-state index is 0.116. The number of amides is 1. The molecule has 2 fully saturated rings. The number of likely N-dealkylation sites (tertiary alicyclic amines) is 1. The van der Waals surface area contributed by atoms with Crippen molar-refractivity contribution in [3.8, 4) is 11.5 Å². The summed E-state index contributed by atoms with van der Waals surface area (Å²) in [5.41, 5.74) is -0.464. The second kappa shape index (κ2) is 9.09. The monoisotopic (exact) mass is 480 g/mol. The minimum atomic E-state index is -4.67. The molecule has 34 heavy (non-hydrogen) atoms. The van der Waals surface area contributed by atoms with Crippen LogP contribution in [-0.4, -0.2) is 51.2 Å². The molecule has 0 bridgehead atoms. The first-order valence-corrected chi connectivity index (χ1v) is 11.2. The third kappa shape index (κ3) is 4.45. The van der Waals surface area contributed by atoms with Crippen molar-refractivity contribution in [2.45, 2.75) is 36.9 Å². The molecule has 1 heterocycles. The molecule has 9 heteroatoms. The lowest BCUT2D eigenvalue weighted by atomic mass is 9.63. The van der Waals surface area contributed by atoms with Crippen molar-refractivity contribution in [3.05, 3.63) is 58.9 Å². The molecule has 2 aliphatic rings. The third-order valence-corrected chi connectivity index (χ3v) is 7.21. The largest absolute Gasteiger partial charge is 0.493 e. The predicted octanol–water partition coefficient (Wildman–Crippen LogP) is 4.64. The zero-order valence-corrected chi connectivity index (χ0v) is 19.3. The molecule has 5 nitrogen and oxygen atoms in total. The normalized spacial score (nSPS) is 25.0. The Morgan fingerprint density at radius 3 is 2.50 bits per heavy atom. The topological polar surface area (TPSA) is 50.8 Å². The lowest BCUT2D eigenvalue weighted by Crippen LogP contribution is -2.47. The van der Waals surface area contributed by atoms with E-state index in [0.717, 1.165) is 37.2 Å².